The zero-order valence-electron chi connectivity index (χ0n) is 38.1. The molecule has 0 aromatic carbocycles. The summed E-state index contributed by atoms with van der Waals surface area (Å²) in [5.41, 5.74) is -2.40. The largest absolute Gasteiger partial charge is 0.444 e. The smallest absolute Gasteiger partial charge is 0.410 e. The van der Waals surface area contributed by atoms with Gasteiger partial charge in [-0.05, 0) is 111 Å². The fourth-order valence-corrected chi connectivity index (χ4v) is 6.09. The Kier molecular flexibility index (Phi) is 19.3. The number of nitrogens with zero attached hydrogens (tertiary/aromatic N) is 4. The minimum absolute atomic E-state index is 0.00273. The molecule has 16 nitrogen and oxygen atoms in total. The van der Waals surface area contributed by atoms with Crippen LogP contribution in [0, 0.1) is 0 Å². The zero-order chi connectivity index (χ0) is 47.2. The van der Waals surface area contributed by atoms with Crippen LogP contribution >= 0.6 is 0 Å². The third kappa shape index (κ3) is 16.8. The third-order valence-electron chi connectivity index (χ3n) is 9.33. The molecule has 4 amide bonds. The molecule has 4 rings (SSSR count). The highest BCUT2D eigenvalue weighted by molar-refractivity contribution is 5.70. The van der Waals surface area contributed by atoms with E-state index >= 15 is 0 Å². The molecule has 0 aromatic heterocycles. The predicted octanol–water partition coefficient (Wildman–Crippen LogP) is 5.30. The number of hydrogen-bond acceptors (Lipinski definition) is 12. The summed E-state index contributed by atoms with van der Waals surface area (Å²) >= 11 is 0. The molecule has 4 N–H and O–H groups in total. The molecule has 4 heterocycles. The summed E-state index contributed by atoms with van der Waals surface area (Å²) in [7, 11) is 0. The number of β-amino-alcohol motifs (C(OH)–C–C–N with tert-alkyl or cyclic N) is 4. The maximum atomic E-state index is 13.3. The molecular formula is C40H72F4N4O12. The number of carbonyl (C=O) groups is 4. The van der Waals surface area contributed by atoms with Gasteiger partial charge >= 0.3 is 24.4 Å². The Balaban J connectivity index is 0.000000400. The van der Waals surface area contributed by atoms with E-state index in [4.69, 9.17) is 18.9 Å². The highest BCUT2D eigenvalue weighted by Gasteiger charge is 2.45. The number of hydrogen-bond donors (Lipinski definition) is 4. The number of aliphatic hydroxyl groups is 4. The number of amides is 4. The SMILES string of the molecule is C[C@@H]1[C@@H](F)[C@@H](O)CN1C(=O)OC(C)(C)C.C[C@@H]1[C@@H](F)[C@H](O)CN1C(=O)OC(C)(C)C.C[C@@H]1[C@H](F)[C@@H](O)CN1C(=O)OC(C)(C)C.C[C@@H]1[C@H](F)[C@H](O)CN1C(=O)OC(C)(C)C. The average molecular weight is 877 g/mol. The number of alkyl halides is 4. The van der Waals surface area contributed by atoms with Crippen LogP contribution in [0.4, 0.5) is 36.7 Å². The van der Waals surface area contributed by atoms with Crippen LogP contribution < -0.4 is 0 Å². The molecule has 4 saturated heterocycles. The molecule has 0 saturated carbocycles. The normalized spacial score (nSPS) is 31.9. The lowest BCUT2D eigenvalue weighted by molar-refractivity contribution is 0.0200. The number of carbonyl (C=O) groups excluding carboxylic acids is 4. The molecule has 20 heteroatoms. The summed E-state index contributed by atoms with van der Waals surface area (Å²) in [4.78, 5) is 51.2. The Labute approximate surface area is 352 Å². The second-order valence-corrected chi connectivity index (χ2v) is 19.5. The second kappa shape index (κ2) is 21.1. The lowest BCUT2D eigenvalue weighted by Gasteiger charge is -2.26. The van der Waals surface area contributed by atoms with Crippen molar-refractivity contribution in [2.75, 3.05) is 26.2 Å². The molecule has 4 aliphatic heterocycles. The number of likely N-dealkylation sites (tertiary alicyclic amines) is 4. The van der Waals surface area contributed by atoms with Crippen molar-refractivity contribution in [1.29, 1.82) is 0 Å². The topological polar surface area (TPSA) is 199 Å². The van der Waals surface area contributed by atoms with Gasteiger partial charge < -0.3 is 39.4 Å². The minimum Gasteiger partial charge on any atom is -0.444 e. The summed E-state index contributed by atoms with van der Waals surface area (Å²) in [5.74, 6) is 0. The number of halogens is 4. The van der Waals surface area contributed by atoms with Gasteiger partial charge in [0.05, 0.1) is 50.3 Å². The van der Waals surface area contributed by atoms with Crippen molar-refractivity contribution < 1.29 is 76.1 Å². The van der Waals surface area contributed by atoms with Crippen molar-refractivity contribution in [3.05, 3.63) is 0 Å². The van der Waals surface area contributed by atoms with Gasteiger partial charge in [0.25, 0.3) is 0 Å². The number of rotatable bonds is 0. The second-order valence-electron chi connectivity index (χ2n) is 19.5. The molecular weight excluding hydrogens is 804 g/mol. The maximum absolute atomic E-state index is 13.3. The zero-order valence-corrected chi connectivity index (χ0v) is 38.1. The highest BCUT2D eigenvalue weighted by Crippen LogP contribution is 2.27. The summed E-state index contributed by atoms with van der Waals surface area (Å²) in [6.07, 6.45) is -12.3. The lowest BCUT2D eigenvalue weighted by Crippen LogP contribution is -2.40. The number of ether oxygens (including phenoxy) is 4. The van der Waals surface area contributed by atoms with Crippen LogP contribution in [-0.2, 0) is 18.9 Å². The van der Waals surface area contributed by atoms with E-state index in [0.29, 0.717) is 0 Å². The first-order chi connectivity index (χ1) is 26.9. The predicted molar refractivity (Wildman–Crippen MR) is 213 cm³/mol. The molecule has 0 radical (unpaired) electrons. The van der Waals surface area contributed by atoms with Gasteiger partial charge in [-0.3, -0.25) is 19.6 Å². The van der Waals surface area contributed by atoms with E-state index in [2.05, 4.69) is 0 Å². The van der Waals surface area contributed by atoms with Crippen LogP contribution in [0.5, 0.6) is 0 Å². The Morgan fingerprint density at radius 1 is 0.383 bits per heavy atom. The molecule has 60 heavy (non-hydrogen) atoms. The Morgan fingerprint density at radius 2 is 0.517 bits per heavy atom. The average Bonchev–Trinajstić information content (AvgIpc) is 3.69. The molecule has 0 aromatic rings. The first kappa shape index (κ1) is 54.7. The van der Waals surface area contributed by atoms with Crippen LogP contribution in [-0.4, -0.2) is 186 Å². The molecule has 0 aliphatic carbocycles. The summed E-state index contributed by atoms with van der Waals surface area (Å²) in [6, 6.07) is -2.52. The van der Waals surface area contributed by atoms with Crippen LogP contribution in [0.25, 0.3) is 0 Å². The van der Waals surface area contributed by atoms with Gasteiger partial charge in [-0.1, -0.05) is 0 Å². The van der Waals surface area contributed by atoms with Gasteiger partial charge in [0.15, 0.2) is 0 Å². The van der Waals surface area contributed by atoms with E-state index in [1.165, 1.54) is 19.6 Å². The first-order valence-corrected chi connectivity index (χ1v) is 20.2. The van der Waals surface area contributed by atoms with Crippen LogP contribution in [0.2, 0.25) is 0 Å². The van der Waals surface area contributed by atoms with E-state index in [1.807, 2.05) is 0 Å². The maximum Gasteiger partial charge on any atom is 0.410 e. The molecule has 4 aliphatic rings. The molecule has 12 atom stereocenters. The minimum atomic E-state index is -1.39. The van der Waals surface area contributed by atoms with E-state index in [1.54, 1.807) is 111 Å². The first-order valence-electron chi connectivity index (χ1n) is 20.2. The van der Waals surface area contributed by atoms with Gasteiger partial charge in [-0.2, -0.15) is 0 Å². The summed E-state index contributed by atoms with van der Waals surface area (Å²) in [6.45, 7) is 27.2. The van der Waals surface area contributed by atoms with Gasteiger partial charge in [0.2, 0.25) is 0 Å². The monoisotopic (exact) mass is 877 g/mol. The Morgan fingerprint density at radius 3 is 0.600 bits per heavy atom. The van der Waals surface area contributed by atoms with Gasteiger partial charge in [0.1, 0.15) is 71.5 Å². The van der Waals surface area contributed by atoms with Crippen molar-refractivity contribution >= 4 is 24.4 Å². The third-order valence-corrected chi connectivity index (χ3v) is 9.33. The molecule has 0 spiro atoms. The van der Waals surface area contributed by atoms with Crippen molar-refractivity contribution in [3.63, 3.8) is 0 Å². The van der Waals surface area contributed by atoms with E-state index < -0.39 is 120 Å². The quantitative estimate of drug-likeness (QED) is 0.181. The van der Waals surface area contributed by atoms with Crippen molar-refractivity contribution in [1.82, 2.24) is 19.6 Å². The van der Waals surface area contributed by atoms with Crippen LogP contribution in [0.3, 0.4) is 0 Å². The fourth-order valence-electron chi connectivity index (χ4n) is 6.09. The van der Waals surface area contributed by atoms with Gasteiger partial charge in [0, 0.05) is 0 Å². The van der Waals surface area contributed by atoms with Crippen LogP contribution in [0.15, 0.2) is 0 Å². The standard InChI is InChI=1S/4C10H18FNO3/c4*1-6-8(11)7(13)5-12(6)9(14)15-10(2,3)4/h4*6-8,13H,5H2,1-4H3/t6-,7+,8+;6-,7+,8-;6-,7-,8+;6-,7-,8-/m1111/s1. The summed E-state index contributed by atoms with van der Waals surface area (Å²) in [5, 5.41) is 37.0. The van der Waals surface area contributed by atoms with Crippen molar-refractivity contribution in [2.45, 2.75) is 206 Å². The van der Waals surface area contributed by atoms with E-state index in [-0.39, 0.29) is 26.2 Å². The molecule has 0 bridgehead atoms. The molecule has 4 fully saturated rings. The molecule has 352 valence electrons. The van der Waals surface area contributed by atoms with E-state index in [9.17, 15) is 57.2 Å². The van der Waals surface area contributed by atoms with E-state index in [0.717, 1.165) is 0 Å². The fraction of sp³-hybridized carbons (Fsp3) is 0.900. The highest BCUT2D eigenvalue weighted by atomic mass is 19.1. The number of aliphatic hydroxyl groups excluding tert-OH is 4. The van der Waals surface area contributed by atoms with Crippen molar-refractivity contribution in [2.24, 2.45) is 0 Å². The van der Waals surface area contributed by atoms with Gasteiger partial charge in [-0.15, -0.1) is 0 Å². The lowest BCUT2D eigenvalue weighted by atomic mass is 10.2. The Bertz CT molecular complexity index is 1210. The Hall–Kier alpha value is -3.36. The van der Waals surface area contributed by atoms with Crippen molar-refractivity contribution in [3.8, 4) is 0 Å². The van der Waals surface area contributed by atoms with Gasteiger partial charge in [-0.25, -0.2) is 36.7 Å². The molecule has 0 unspecified atom stereocenters. The summed E-state index contributed by atoms with van der Waals surface area (Å²) < 4.78 is 73.4. The van der Waals surface area contributed by atoms with Crippen LogP contribution in [0.1, 0.15) is 111 Å².